The summed E-state index contributed by atoms with van der Waals surface area (Å²) < 4.78 is 10.8. The number of rotatable bonds is 13. The Morgan fingerprint density at radius 2 is 1.46 bits per heavy atom. The number of carbonyl (C=O) groups is 3. The van der Waals surface area contributed by atoms with Gasteiger partial charge in [0.2, 0.25) is 5.91 Å². The fraction of sp³-hybridized carbons (Fsp3) is 0.483. The van der Waals surface area contributed by atoms with Crippen molar-refractivity contribution in [2.75, 3.05) is 6.54 Å². The van der Waals surface area contributed by atoms with Crippen LogP contribution in [0.15, 0.2) is 60.7 Å². The van der Waals surface area contributed by atoms with Crippen LogP contribution in [0.4, 0.5) is 4.79 Å². The van der Waals surface area contributed by atoms with E-state index in [2.05, 4.69) is 10.7 Å². The molecule has 1 aliphatic carbocycles. The van der Waals surface area contributed by atoms with Gasteiger partial charge in [0.1, 0.15) is 19.8 Å². The minimum absolute atomic E-state index is 0.0493. The Bertz CT molecular complexity index is 978. The van der Waals surface area contributed by atoms with Gasteiger partial charge < -0.3 is 14.8 Å². The first-order valence-corrected chi connectivity index (χ1v) is 13.1. The maximum Gasteiger partial charge on any atom is 0.407 e. The molecule has 8 heteroatoms. The van der Waals surface area contributed by atoms with Gasteiger partial charge in [-0.3, -0.25) is 15.0 Å². The maximum absolute atomic E-state index is 12.8. The second kappa shape index (κ2) is 15.0. The van der Waals surface area contributed by atoms with Crippen LogP contribution >= 0.6 is 0 Å². The van der Waals surface area contributed by atoms with E-state index in [1.54, 1.807) is 5.01 Å². The summed E-state index contributed by atoms with van der Waals surface area (Å²) >= 11 is 0. The van der Waals surface area contributed by atoms with Crippen LogP contribution in [-0.4, -0.2) is 41.6 Å². The molecule has 0 heterocycles. The van der Waals surface area contributed by atoms with Crippen LogP contribution < -0.4 is 10.7 Å². The lowest BCUT2D eigenvalue weighted by atomic mass is 9.94. The lowest BCUT2D eigenvalue weighted by Crippen LogP contribution is -2.49. The number of hydrazine groups is 1. The predicted molar refractivity (Wildman–Crippen MR) is 141 cm³/mol. The van der Waals surface area contributed by atoms with E-state index in [1.165, 1.54) is 0 Å². The number of esters is 1. The number of amides is 2. The van der Waals surface area contributed by atoms with E-state index in [0.717, 1.165) is 36.8 Å². The molecule has 1 saturated carbocycles. The Hall–Kier alpha value is -3.39. The van der Waals surface area contributed by atoms with Gasteiger partial charge in [0.15, 0.2) is 0 Å². The molecule has 1 fully saturated rings. The van der Waals surface area contributed by atoms with Crippen molar-refractivity contribution < 1.29 is 23.9 Å². The highest BCUT2D eigenvalue weighted by molar-refractivity contribution is 5.77. The SMILES string of the molecule is CC(C)N(CC(=O)OCc1ccccc1)NC(=O)CCC(NC(=O)OCc1ccccc1)C1CCCC1. The molecule has 2 N–H and O–H groups in total. The standard InChI is InChI=1S/C29H39N3O5/c1-22(2)32(19-28(34)36-20-23-11-5-3-6-12-23)31-27(33)18-17-26(25-15-9-10-16-25)30-29(35)37-21-24-13-7-4-8-14-24/h3-8,11-14,22,25-26H,9-10,15-21H2,1-2H3,(H,30,35)(H,31,33). The van der Waals surface area contributed by atoms with Gasteiger partial charge in [-0.25, -0.2) is 9.80 Å². The lowest BCUT2D eigenvalue weighted by Gasteiger charge is -2.27. The van der Waals surface area contributed by atoms with E-state index in [4.69, 9.17) is 9.47 Å². The second-order valence-electron chi connectivity index (χ2n) is 9.80. The van der Waals surface area contributed by atoms with Gasteiger partial charge in [-0.2, -0.15) is 0 Å². The summed E-state index contributed by atoms with van der Waals surface area (Å²) in [6.45, 7) is 4.14. The van der Waals surface area contributed by atoms with Crippen LogP contribution in [0.25, 0.3) is 0 Å². The van der Waals surface area contributed by atoms with Gasteiger partial charge in [0.05, 0.1) is 0 Å². The molecule has 2 aromatic rings. The topological polar surface area (TPSA) is 97.0 Å². The monoisotopic (exact) mass is 509 g/mol. The zero-order valence-corrected chi connectivity index (χ0v) is 21.9. The number of hydrogen-bond donors (Lipinski definition) is 2. The lowest BCUT2D eigenvalue weighted by molar-refractivity contribution is -0.148. The largest absolute Gasteiger partial charge is 0.460 e. The van der Waals surface area contributed by atoms with Crippen LogP contribution in [0.2, 0.25) is 0 Å². The van der Waals surface area contributed by atoms with E-state index in [0.29, 0.717) is 12.3 Å². The number of hydrogen-bond acceptors (Lipinski definition) is 6. The quantitative estimate of drug-likeness (QED) is 0.299. The molecule has 37 heavy (non-hydrogen) atoms. The van der Waals surface area contributed by atoms with Crippen LogP contribution in [0.1, 0.15) is 63.5 Å². The molecular formula is C29H39N3O5. The molecule has 1 aliphatic rings. The Kier molecular flexibility index (Phi) is 11.4. The fourth-order valence-corrected chi connectivity index (χ4v) is 4.48. The van der Waals surface area contributed by atoms with Gasteiger partial charge in [-0.15, -0.1) is 0 Å². The van der Waals surface area contributed by atoms with Crippen molar-refractivity contribution in [1.82, 2.24) is 15.8 Å². The number of carbonyl (C=O) groups excluding carboxylic acids is 3. The predicted octanol–water partition coefficient (Wildman–Crippen LogP) is 4.74. The minimum atomic E-state index is -0.467. The summed E-state index contributed by atoms with van der Waals surface area (Å²) in [5.41, 5.74) is 4.67. The van der Waals surface area contributed by atoms with Crippen molar-refractivity contribution >= 4 is 18.0 Å². The van der Waals surface area contributed by atoms with E-state index in [-0.39, 0.29) is 44.2 Å². The second-order valence-corrected chi connectivity index (χ2v) is 9.80. The molecule has 2 amide bonds. The van der Waals surface area contributed by atoms with E-state index >= 15 is 0 Å². The molecule has 8 nitrogen and oxygen atoms in total. The van der Waals surface area contributed by atoms with Crippen molar-refractivity contribution in [3.63, 3.8) is 0 Å². The molecular weight excluding hydrogens is 470 g/mol. The van der Waals surface area contributed by atoms with Crippen LogP contribution in [-0.2, 0) is 32.3 Å². The van der Waals surface area contributed by atoms with E-state index < -0.39 is 12.1 Å². The third kappa shape index (κ3) is 10.2. The third-order valence-electron chi connectivity index (χ3n) is 6.60. The van der Waals surface area contributed by atoms with E-state index in [1.807, 2.05) is 74.5 Å². The van der Waals surface area contributed by atoms with Crippen LogP contribution in [0.3, 0.4) is 0 Å². The summed E-state index contributed by atoms with van der Waals surface area (Å²) in [5, 5.41) is 4.58. The molecule has 0 aliphatic heterocycles. The van der Waals surface area contributed by atoms with Crippen molar-refractivity contribution in [1.29, 1.82) is 0 Å². The first kappa shape index (κ1) is 28.2. The highest BCUT2D eigenvalue weighted by Gasteiger charge is 2.28. The zero-order valence-electron chi connectivity index (χ0n) is 21.9. The van der Waals surface area contributed by atoms with Crippen molar-refractivity contribution in [2.24, 2.45) is 5.92 Å². The van der Waals surface area contributed by atoms with Gasteiger partial charge in [-0.05, 0) is 50.2 Å². The summed E-state index contributed by atoms with van der Waals surface area (Å²) in [6, 6.07) is 18.8. The molecule has 1 atom stereocenters. The molecule has 0 radical (unpaired) electrons. The van der Waals surface area contributed by atoms with Crippen LogP contribution in [0.5, 0.6) is 0 Å². The minimum Gasteiger partial charge on any atom is -0.460 e. The Balaban J connectivity index is 1.46. The molecule has 0 saturated heterocycles. The molecule has 0 aromatic heterocycles. The van der Waals surface area contributed by atoms with Crippen molar-refractivity contribution in [3.05, 3.63) is 71.8 Å². The summed E-state index contributed by atoms with van der Waals surface area (Å²) in [6.07, 6.45) is 4.56. The number of ether oxygens (including phenoxy) is 2. The smallest absolute Gasteiger partial charge is 0.407 e. The summed E-state index contributed by atoms with van der Waals surface area (Å²) in [4.78, 5) is 37.6. The van der Waals surface area contributed by atoms with Gasteiger partial charge in [0, 0.05) is 18.5 Å². The van der Waals surface area contributed by atoms with Gasteiger partial charge in [-0.1, -0.05) is 73.5 Å². The average Bonchev–Trinajstić information content (AvgIpc) is 3.44. The molecule has 3 rings (SSSR count). The van der Waals surface area contributed by atoms with Gasteiger partial charge >= 0.3 is 12.1 Å². The maximum atomic E-state index is 12.8. The Labute approximate surface area is 219 Å². The number of nitrogens with one attached hydrogen (secondary N) is 2. The number of benzene rings is 2. The van der Waals surface area contributed by atoms with Crippen molar-refractivity contribution in [3.8, 4) is 0 Å². The van der Waals surface area contributed by atoms with Gasteiger partial charge in [0.25, 0.3) is 0 Å². The average molecular weight is 510 g/mol. The molecule has 0 bridgehead atoms. The Morgan fingerprint density at radius 3 is 2.03 bits per heavy atom. The normalized spacial score (nSPS) is 14.4. The first-order chi connectivity index (χ1) is 17.9. The highest BCUT2D eigenvalue weighted by Crippen LogP contribution is 2.29. The van der Waals surface area contributed by atoms with Crippen molar-refractivity contribution in [2.45, 2.75) is 77.7 Å². The first-order valence-electron chi connectivity index (χ1n) is 13.1. The molecule has 2 aromatic carbocycles. The Morgan fingerprint density at radius 1 is 0.892 bits per heavy atom. The molecule has 0 spiro atoms. The molecule has 1 unspecified atom stereocenters. The number of alkyl carbamates (subject to hydrolysis) is 1. The summed E-state index contributed by atoms with van der Waals surface area (Å²) in [7, 11) is 0. The zero-order chi connectivity index (χ0) is 26.5. The highest BCUT2D eigenvalue weighted by atomic mass is 16.5. The molecule has 200 valence electrons. The fourth-order valence-electron chi connectivity index (χ4n) is 4.48. The van der Waals surface area contributed by atoms with Crippen LogP contribution in [0, 0.1) is 5.92 Å². The third-order valence-corrected chi connectivity index (χ3v) is 6.60. The summed E-state index contributed by atoms with van der Waals surface area (Å²) in [5.74, 6) is -0.289. The van der Waals surface area contributed by atoms with E-state index in [9.17, 15) is 14.4 Å². The number of nitrogens with zero attached hydrogens (tertiary/aromatic N) is 1.